The van der Waals surface area contributed by atoms with Gasteiger partial charge >= 0.3 is 5.97 Å². The maximum absolute atomic E-state index is 13.5. The van der Waals surface area contributed by atoms with Crippen LogP contribution in [0.1, 0.15) is 39.9 Å². The summed E-state index contributed by atoms with van der Waals surface area (Å²) < 4.78 is 0. The summed E-state index contributed by atoms with van der Waals surface area (Å²) in [4.78, 5) is 54.9. The van der Waals surface area contributed by atoms with Crippen LogP contribution in [0, 0.1) is 0 Å². The third kappa shape index (κ3) is 4.39. The molecule has 9 heteroatoms. The number of fused-ring (bicyclic) bond motifs is 2. The Bertz CT molecular complexity index is 1600. The normalized spacial score (nSPS) is 17.3. The Morgan fingerprint density at radius 2 is 1.70 bits per heavy atom. The van der Waals surface area contributed by atoms with Crippen LogP contribution in [0.25, 0.3) is 11.3 Å². The smallest absolute Gasteiger partial charge is 0.335 e. The number of carbonyl (C=O) groups excluding carboxylic acids is 3. The third-order valence-electron chi connectivity index (χ3n) is 7.75. The average Bonchev–Trinajstić information content (AvgIpc) is 3.63. The minimum atomic E-state index is -1.06. The molecule has 202 valence electrons. The minimum absolute atomic E-state index is 0.0293. The molecule has 3 aromatic rings. The first-order chi connectivity index (χ1) is 19.3. The second kappa shape index (κ2) is 10.00. The van der Waals surface area contributed by atoms with Crippen molar-refractivity contribution in [1.82, 2.24) is 4.90 Å². The highest BCUT2D eigenvalue weighted by Crippen LogP contribution is 2.41. The molecule has 3 amide bonds. The second-order valence-corrected chi connectivity index (χ2v) is 10.2. The van der Waals surface area contributed by atoms with Crippen molar-refractivity contribution in [1.29, 1.82) is 0 Å². The number of hydrogen-bond acceptors (Lipinski definition) is 5. The summed E-state index contributed by atoms with van der Waals surface area (Å²) in [6.07, 6.45) is 1.98. The Morgan fingerprint density at radius 3 is 2.42 bits per heavy atom. The molecule has 0 aliphatic carbocycles. The number of rotatable bonds is 6. The van der Waals surface area contributed by atoms with Gasteiger partial charge in [-0.15, -0.1) is 0 Å². The van der Waals surface area contributed by atoms with Crippen molar-refractivity contribution in [3.8, 4) is 0 Å². The fourth-order valence-corrected chi connectivity index (χ4v) is 5.67. The van der Waals surface area contributed by atoms with E-state index >= 15 is 0 Å². The molecule has 0 radical (unpaired) electrons. The highest BCUT2D eigenvalue weighted by molar-refractivity contribution is 6.38. The Labute approximate surface area is 231 Å². The molecule has 2 N–H and O–H groups in total. The van der Waals surface area contributed by atoms with Crippen molar-refractivity contribution in [3.63, 3.8) is 0 Å². The lowest BCUT2D eigenvalue weighted by Gasteiger charge is -2.22. The molecule has 0 spiro atoms. The zero-order valence-corrected chi connectivity index (χ0v) is 22.0. The van der Waals surface area contributed by atoms with Crippen molar-refractivity contribution in [2.24, 2.45) is 0 Å². The molecule has 0 atom stereocenters. The number of hydrogen-bond donors (Lipinski definition) is 2. The molecular weight excluding hydrogens is 508 g/mol. The number of amides is 3. The number of likely N-dealkylation sites (tertiary alicyclic amines) is 1. The van der Waals surface area contributed by atoms with E-state index in [2.05, 4.69) is 5.32 Å². The number of anilines is 3. The van der Waals surface area contributed by atoms with Gasteiger partial charge in [-0.1, -0.05) is 36.4 Å². The van der Waals surface area contributed by atoms with Crippen molar-refractivity contribution >= 4 is 52.0 Å². The van der Waals surface area contributed by atoms with Crippen LogP contribution in [-0.4, -0.2) is 60.4 Å². The van der Waals surface area contributed by atoms with Crippen LogP contribution in [0.4, 0.5) is 17.1 Å². The van der Waals surface area contributed by atoms with Crippen molar-refractivity contribution in [3.05, 3.63) is 89.0 Å². The van der Waals surface area contributed by atoms with Crippen LogP contribution in [0.5, 0.6) is 0 Å². The number of carboxylic acids is 1. The lowest BCUT2D eigenvalue weighted by atomic mass is 9.99. The van der Waals surface area contributed by atoms with Gasteiger partial charge in [0.15, 0.2) is 0 Å². The van der Waals surface area contributed by atoms with Crippen LogP contribution < -0.4 is 15.1 Å². The number of nitrogens with one attached hydrogen (secondary N) is 1. The van der Waals surface area contributed by atoms with Crippen LogP contribution in [0.2, 0.25) is 0 Å². The number of carboxylic acid groups (broad SMARTS) is 1. The van der Waals surface area contributed by atoms with Gasteiger partial charge in [-0.25, -0.2) is 4.79 Å². The number of aromatic carboxylic acids is 1. The van der Waals surface area contributed by atoms with Gasteiger partial charge in [-0.2, -0.15) is 0 Å². The highest BCUT2D eigenvalue weighted by atomic mass is 16.4. The largest absolute Gasteiger partial charge is 0.478 e. The molecule has 3 heterocycles. The summed E-state index contributed by atoms with van der Waals surface area (Å²) in [5.74, 6) is -1.35. The molecule has 0 saturated carbocycles. The molecule has 3 aliphatic rings. The molecule has 0 bridgehead atoms. The lowest BCUT2D eigenvalue weighted by molar-refractivity contribution is -0.132. The summed E-state index contributed by atoms with van der Waals surface area (Å²) in [5, 5.41) is 12.9. The molecule has 0 unspecified atom stereocenters. The van der Waals surface area contributed by atoms with Gasteiger partial charge in [0.25, 0.3) is 5.91 Å². The zero-order valence-electron chi connectivity index (χ0n) is 22.0. The maximum Gasteiger partial charge on any atom is 0.335 e. The van der Waals surface area contributed by atoms with E-state index in [9.17, 15) is 24.3 Å². The van der Waals surface area contributed by atoms with E-state index in [4.69, 9.17) is 0 Å². The van der Waals surface area contributed by atoms with Gasteiger partial charge in [-0.3, -0.25) is 14.4 Å². The first-order valence-electron chi connectivity index (χ1n) is 13.3. The van der Waals surface area contributed by atoms with Gasteiger partial charge < -0.3 is 25.1 Å². The fraction of sp³-hybridized carbons (Fsp3) is 0.226. The molecule has 1 fully saturated rings. The molecule has 9 nitrogen and oxygen atoms in total. The molecule has 3 aromatic carbocycles. The van der Waals surface area contributed by atoms with E-state index in [0.29, 0.717) is 48.5 Å². The number of benzene rings is 3. The predicted octanol–water partition coefficient (Wildman–Crippen LogP) is 3.85. The number of carbonyl (C=O) groups is 4. The van der Waals surface area contributed by atoms with Gasteiger partial charge in [0.2, 0.25) is 11.8 Å². The number of likely N-dealkylation sites (N-methyl/N-ethyl adjacent to an activating group) is 1. The van der Waals surface area contributed by atoms with Crippen LogP contribution in [0.3, 0.4) is 0 Å². The molecule has 0 aromatic heterocycles. The van der Waals surface area contributed by atoms with Crippen LogP contribution >= 0.6 is 0 Å². The summed E-state index contributed by atoms with van der Waals surface area (Å²) in [6, 6.07) is 20.0. The predicted molar refractivity (Wildman–Crippen MR) is 152 cm³/mol. The van der Waals surface area contributed by atoms with E-state index in [1.807, 2.05) is 48.5 Å². The Balaban J connectivity index is 1.35. The second-order valence-electron chi connectivity index (χ2n) is 10.2. The summed E-state index contributed by atoms with van der Waals surface area (Å²) in [7, 11) is 1.64. The van der Waals surface area contributed by atoms with Crippen molar-refractivity contribution in [2.75, 3.05) is 41.8 Å². The van der Waals surface area contributed by atoms with Crippen molar-refractivity contribution in [2.45, 2.75) is 19.3 Å². The fourth-order valence-electron chi connectivity index (χ4n) is 5.67. The van der Waals surface area contributed by atoms with E-state index in [1.165, 1.54) is 17.0 Å². The van der Waals surface area contributed by atoms with Gasteiger partial charge in [0.1, 0.15) is 6.54 Å². The lowest BCUT2D eigenvalue weighted by Crippen LogP contribution is -2.40. The summed E-state index contributed by atoms with van der Waals surface area (Å²) in [6.45, 7) is 1.27. The molecule has 1 saturated heterocycles. The standard InChI is InChI=1S/C31H28N4O5/c1-33-25-17-21(31(39)40)9-11-23(25)28(30(33)38)29(19-6-3-2-4-7-19)32-22-10-12-24-20(16-22)13-15-35(24)27(37)18-34-14-5-8-26(34)36/h2-4,6-7,9-12,16-17,32H,5,8,13-15,18H2,1H3,(H,39,40). The minimum Gasteiger partial charge on any atom is -0.478 e. The molecule has 40 heavy (non-hydrogen) atoms. The van der Waals surface area contributed by atoms with Crippen LogP contribution in [-0.2, 0) is 20.8 Å². The summed E-state index contributed by atoms with van der Waals surface area (Å²) >= 11 is 0. The van der Waals surface area contributed by atoms with E-state index < -0.39 is 5.97 Å². The van der Waals surface area contributed by atoms with Gasteiger partial charge in [0, 0.05) is 43.5 Å². The van der Waals surface area contributed by atoms with E-state index in [-0.39, 0.29) is 29.8 Å². The van der Waals surface area contributed by atoms with E-state index in [0.717, 1.165) is 28.9 Å². The Hall–Kier alpha value is -4.92. The SMILES string of the molecule is CN1C(=O)C(=C(Nc2ccc3c(c2)CCN3C(=O)CN2CCCC2=O)c2ccccc2)c2ccc(C(=O)O)cc21. The molecular formula is C31H28N4O5. The Kier molecular flexibility index (Phi) is 6.34. The average molecular weight is 537 g/mol. The number of nitrogens with zero attached hydrogens (tertiary/aromatic N) is 3. The van der Waals surface area contributed by atoms with Gasteiger partial charge in [-0.05, 0) is 54.3 Å². The van der Waals surface area contributed by atoms with E-state index in [1.54, 1.807) is 22.9 Å². The quantitative estimate of drug-likeness (QED) is 0.463. The molecule has 6 rings (SSSR count). The Morgan fingerprint density at radius 1 is 0.900 bits per heavy atom. The zero-order chi connectivity index (χ0) is 28.0. The topological polar surface area (TPSA) is 110 Å². The first-order valence-corrected chi connectivity index (χ1v) is 13.3. The monoisotopic (exact) mass is 536 g/mol. The van der Waals surface area contributed by atoms with Gasteiger partial charge in [0.05, 0.1) is 22.5 Å². The first kappa shape index (κ1) is 25.4. The highest BCUT2D eigenvalue weighted by Gasteiger charge is 2.34. The maximum atomic E-state index is 13.5. The molecule has 3 aliphatic heterocycles. The van der Waals surface area contributed by atoms with Crippen molar-refractivity contribution < 1.29 is 24.3 Å². The third-order valence-corrected chi connectivity index (χ3v) is 7.75. The summed E-state index contributed by atoms with van der Waals surface area (Å²) in [5.41, 5.74) is 5.77. The van der Waals surface area contributed by atoms with Crippen LogP contribution in [0.15, 0.2) is 66.7 Å².